The fourth-order valence-corrected chi connectivity index (χ4v) is 3.50. The Balaban J connectivity index is 1.41. The minimum Gasteiger partial charge on any atom is -0.449 e. The van der Waals surface area contributed by atoms with Crippen LogP contribution in [-0.4, -0.2) is 27.9 Å². The van der Waals surface area contributed by atoms with Crippen molar-refractivity contribution in [2.45, 2.75) is 38.7 Å². The molecule has 1 amide bonds. The van der Waals surface area contributed by atoms with Crippen LogP contribution in [-0.2, 0) is 22.4 Å². The molecule has 144 valence electrons. The van der Waals surface area contributed by atoms with Crippen LogP contribution in [0.5, 0.6) is 0 Å². The molecule has 0 radical (unpaired) electrons. The predicted octanol–water partition coefficient (Wildman–Crippen LogP) is 2.92. The SMILES string of the molecule is C[C@@H](OC(=O)c1ccc2c(c1)CCCC2)C(=O)Nc1ccc2[nH]c(=O)[nH]c2c1. The molecule has 1 atom stereocenters. The molecule has 3 N–H and O–H groups in total. The molecule has 0 bridgehead atoms. The first-order valence-electron chi connectivity index (χ1n) is 9.35. The molecule has 28 heavy (non-hydrogen) atoms. The van der Waals surface area contributed by atoms with Crippen LogP contribution in [0.4, 0.5) is 5.69 Å². The zero-order valence-electron chi connectivity index (χ0n) is 15.5. The number of anilines is 1. The van der Waals surface area contributed by atoms with Crippen molar-refractivity contribution >= 4 is 28.6 Å². The lowest BCUT2D eigenvalue weighted by Crippen LogP contribution is -2.30. The molecular weight excluding hydrogens is 358 g/mol. The van der Waals surface area contributed by atoms with Crippen molar-refractivity contribution < 1.29 is 14.3 Å². The number of ether oxygens (including phenoxy) is 1. The van der Waals surface area contributed by atoms with Crippen molar-refractivity contribution in [2.24, 2.45) is 0 Å². The summed E-state index contributed by atoms with van der Waals surface area (Å²) in [4.78, 5) is 41.4. The van der Waals surface area contributed by atoms with Crippen LogP contribution in [0.3, 0.4) is 0 Å². The molecule has 0 unspecified atom stereocenters. The third kappa shape index (κ3) is 3.69. The smallest absolute Gasteiger partial charge is 0.338 e. The normalized spacial score (nSPS) is 14.3. The number of benzene rings is 2. The lowest BCUT2D eigenvalue weighted by atomic mass is 9.90. The molecule has 0 saturated heterocycles. The molecule has 2 aromatic carbocycles. The zero-order chi connectivity index (χ0) is 19.7. The number of aromatic amines is 2. The molecule has 7 nitrogen and oxygen atoms in total. The van der Waals surface area contributed by atoms with Crippen LogP contribution < -0.4 is 11.0 Å². The monoisotopic (exact) mass is 379 g/mol. The molecule has 0 aliphatic heterocycles. The number of nitrogens with one attached hydrogen (secondary N) is 3. The average Bonchev–Trinajstić information content (AvgIpc) is 3.06. The van der Waals surface area contributed by atoms with Gasteiger partial charge >= 0.3 is 11.7 Å². The highest BCUT2D eigenvalue weighted by Gasteiger charge is 2.20. The number of aromatic nitrogens is 2. The van der Waals surface area contributed by atoms with E-state index in [1.165, 1.54) is 24.5 Å². The number of imidazole rings is 1. The second-order valence-corrected chi connectivity index (χ2v) is 7.07. The molecule has 1 heterocycles. The van der Waals surface area contributed by atoms with Gasteiger partial charge in [-0.2, -0.15) is 0 Å². The molecule has 1 aliphatic rings. The van der Waals surface area contributed by atoms with E-state index in [9.17, 15) is 14.4 Å². The van der Waals surface area contributed by atoms with Crippen LogP contribution in [0.25, 0.3) is 11.0 Å². The fraction of sp³-hybridized carbons (Fsp3) is 0.286. The zero-order valence-corrected chi connectivity index (χ0v) is 15.5. The van der Waals surface area contributed by atoms with Crippen molar-refractivity contribution in [1.29, 1.82) is 0 Å². The first-order chi connectivity index (χ1) is 13.5. The molecule has 4 rings (SSSR count). The third-order valence-electron chi connectivity index (χ3n) is 5.02. The standard InChI is InChI=1S/C21H21N3O4/c1-12(19(25)22-16-8-9-17-18(11-16)24-21(27)23-17)28-20(26)15-7-6-13-4-2-3-5-14(13)10-15/h6-12H,2-5H2,1H3,(H,22,25)(H2,23,24,27)/t12-/m1/s1. The van der Waals surface area contributed by atoms with E-state index >= 15 is 0 Å². The van der Waals surface area contributed by atoms with E-state index < -0.39 is 18.0 Å². The molecular formula is C21H21N3O4. The number of carbonyl (C=O) groups is 2. The lowest BCUT2D eigenvalue weighted by molar-refractivity contribution is -0.123. The van der Waals surface area contributed by atoms with Gasteiger partial charge in [0.15, 0.2) is 6.10 Å². The summed E-state index contributed by atoms with van der Waals surface area (Å²) in [5.41, 5.74) is 4.36. The van der Waals surface area contributed by atoms with Gasteiger partial charge in [0.05, 0.1) is 16.6 Å². The Kier molecular flexibility index (Phi) is 4.73. The number of fused-ring (bicyclic) bond motifs is 2. The van der Waals surface area contributed by atoms with E-state index in [1.54, 1.807) is 24.3 Å². The maximum absolute atomic E-state index is 12.4. The van der Waals surface area contributed by atoms with Gasteiger partial charge in [-0.05, 0) is 74.1 Å². The van der Waals surface area contributed by atoms with Crippen molar-refractivity contribution in [3.63, 3.8) is 0 Å². The summed E-state index contributed by atoms with van der Waals surface area (Å²) in [6.45, 7) is 1.53. The van der Waals surface area contributed by atoms with Crippen LogP contribution in [0.15, 0.2) is 41.2 Å². The van der Waals surface area contributed by atoms with Gasteiger partial charge in [0.1, 0.15) is 0 Å². The van der Waals surface area contributed by atoms with E-state index in [0.29, 0.717) is 22.3 Å². The topological polar surface area (TPSA) is 104 Å². The molecule has 3 aromatic rings. The number of hydrogen-bond donors (Lipinski definition) is 3. The lowest BCUT2D eigenvalue weighted by Gasteiger charge is -2.17. The van der Waals surface area contributed by atoms with Gasteiger partial charge in [-0.3, -0.25) is 4.79 Å². The summed E-state index contributed by atoms with van der Waals surface area (Å²) >= 11 is 0. The van der Waals surface area contributed by atoms with E-state index in [-0.39, 0.29) is 5.69 Å². The van der Waals surface area contributed by atoms with Crippen molar-refractivity contribution in [3.8, 4) is 0 Å². The summed E-state index contributed by atoms with van der Waals surface area (Å²) in [6, 6.07) is 10.6. The minimum atomic E-state index is -0.954. The van der Waals surface area contributed by atoms with Crippen LogP contribution in [0.2, 0.25) is 0 Å². The Labute approximate surface area is 161 Å². The quantitative estimate of drug-likeness (QED) is 0.606. The van der Waals surface area contributed by atoms with Crippen LogP contribution in [0.1, 0.15) is 41.3 Å². The van der Waals surface area contributed by atoms with Crippen molar-refractivity contribution in [3.05, 3.63) is 63.6 Å². The Hall–Kier alpha value is -3.35. The molecule has 0 spiro atoms. The molecule has 0 fully saturated rings. The maximum Gasteiger partial charge on any atom is 0.338 e. The Morgan fingerprint density at radius 1 is 1.00 bits per heavy atom. The number of esters is 1. The number of carbonyl (C=O) groups excluding carboxylic acids is 2. The summed E-state index contributed by atoms with van der Waals surface area (Å²) in [6.07, 6.45) is 3.36. The maximum atomic E-state index is 12.4. The summed E-state index contributed by atoms with van der Waals surface area (Å²) in [7, 11) is 0. The van der Waals surface area contributed by atoms with Gasteiger partial charge in [0, 0.05) is 5.69 Å². The first-order valence-corrected chi connectivity index (χ1v) is 9.35. The minimum absolute atomic E-state index is 0.314. The van der Waals surface area contributed by atoms with Crippen molar-refractivity contribution in [2.75, 3.05) is 5.32 Å². The highest BCUT2D eigenvalue weighted by Crippen LogP contribution is 2.23. The van der Waals surface area contributed by atoms with Crippen LogP contribution >= 0.6 is 0 Å². The third-order valence-corrected chi connectivity index (χ3v) is 5.02. The fourth-order valence-electron chi connectivity index (χ4n) is 3.50. The molecule has 1 aromatic heterocycles. The van der Waals surface area contributed by atoms with E-state index in [2.05, 4.69) is 15.3 Å². The van der Waals surface area contributed by atoms with Gasteiger partial charge in [0.2, 0.25) is 0 Å². The first kappa shape index (κ1) is 18.0. The molecule has 1 aliphatic carbocycles. The van der Waals surface area contributed by atoms with Crippen LogP contribution in [0, 0.1) is 0 Å². The van der Waals surface area contributed by atoms with Gasteiger partial charge in [-0.25, -0.2) is 9.59 Å². The Bertz CT molecular complexity index is 1110. The number of H-pyrrole nitrogens is 2. The number of aryl methyl sites for hydroxylation is 2. The summed E-state index contributed by atoms with van der Waals surface area (Å²) in [5.74, 6) is -0.954. The largest absolute Gasteiger partial charge is 0.449 e. The van der Waals surface area contributed by atoms with Gasteiger partial charge < -0.3 is 20.0 Å². The van der Waals surface area contributed by atoms with Gasteiger partial charge in [-0.15, -0.1) is 0 Å². The van der Waals surface area contributed by atoms with Gasteiger partial charge in [-0.1, -0.05) is 6.07 Å². The molecule has 7 heteroatoms. The van der Waals surface area contributed by atoms with Gasteiger partial charge in [0.25, 0.3) is 5.91 Å². The summed E-state index contributed by atoms with van der Waals surface area (Å²) < 4.78 is 5.34. The number of amides is 1. The second kappa shape index (κ2) is 7.34. The highest BCUT2D eigenvalue weighted by atomic mass is 16.5. The Morgan fingerprint density at radius 2 is 1.75 bits per heavy atom. The number of hydrogen-bond acceptors (Lipinski definition) is 4. The van der Waals surface area contributed by atoms with Crippen molar-refractivity contribution in [1.82, 2.24) is 9.97 Å². The van der Waals surface area contributed by atoms with E-state index in [1.807, 2.05) is 12.1 Å². The Morgan fingerprint density at radius 3 is 2.57 bits per heavy atom. The highest BCUT2D eigenvalue weighted by molar-refractivity contribution is 5.98. The second-order valence-electron chi connectivity index (χ2n) is 7.07. The van der Waals surface area contributed by atoms with E-state index in [0.717, 1.165) is 19.3 Å². The van der Waals surface area contributed by atoms with E-state index in [4.69, 9.17) is 4.74 Å². The predicted molar refractivity (Wildman–Crippen MR) is 106 cm³/mol. The molecule has 0 saturated carbocycles. The number of rotatable bonds is 4. The average molecular weight is 379 g/mol. The summed E-state index contributed by atoms with van der Waals surface area (Å²) in [5, 5.41) is 2.70.